The van der Waals surface area contributed by atoms with E-state index in [1.165, 1.54) is 35.4 Å². The van der Waals surface area contributed by atoms with Crippen molar-refractivity contribution in [1.29, 1.82) is 0 Å². The van der Waals surface area contributed by atoms with E-state index in [2.05, 4.69) is 62.9 Å². The van der Waals surface area contributed by atoms with Gasteiger partial charge in [-0.2, -0.15) is 0 Å². The van der Waals surface area contributed by atoms with Gasteiger partial charge in [0.25, 0.3) is 0 Å². The maximum Gasteiger partial charge on any atom is 0.0570 e. The summed E-state index contributed by atoms with van der Waals surface area (Å²) in [6.07, 6.45) is 4.52. The number of likely N-dealkylation sites (tertiary alicyclic amines) is 1. The molecule has 1 heterocycles. The fraction of sp³-hybridized carbons (Fsp3) is 0.739. The predicted molar refractivity (Wildman–Crippen MR) is 115 cm³/mol. The molecule has 3 unspecified atom stereocenters. The summed E-state index contributed by atoms with van der Waals surface area (Å²) < 4.78 is 0. The summed E-state index contributed by atoms with van der Waals surface area (Å²) in [5, 5.41) is 12.8. The van der Waals surface area contributed by atoms with Crippen LogP contribution in [0, 0.1) is 17.8 Å². The van der Waals surface area contributed by atoms with Crippen LogP contribution in [-0.4, -0.2) is 43.9 Å². The van der Waals surface area contributed by atoms with E-state index in [0.29, 0.717) is 12.0 Å². The van der Waals surface area contributed by atoms with E-state index in [-0.39, 0.29) is 7.53 Å². The Kier molecular flexibility index (Phi) is 9.72. The van der Waals surface area contributed by atoms with Crippen LogP contribution in [-0.2, 0) is 6.54 Å². The number of benzene rings is 1. The van der Waals surface area contributed by atoms with E-state index in [1.807, 2.05) is 0 Å². The minimum atomic E-state index is -0.0230. The number of hydrogen-bond acceptors (Lipinski definition) is 2. The van der Waals surface area contributed by atoms with Gasteiger partial charge in [0.15, 0.2) is 0 Å². The number of aliphatic hydroxyl groups excluding tert-OH is 1. The topological polar surface area (TPSA) is 23.5 Å². The van der Waals surface area contributed by atoms with Gasteiger partial charge in [-0.05, 0) is 43.7 Å². The van der Waals surface area contributed by atoms with Gasteiger partial charge in [-0.25, -0.2) is 0 Å². The second-order valence-electron chi connectivity index (χ2n) is 9.09. The third kappa shape index (κ3) is 7.73. The van der Waals surface area contributed by atoms with Crippen molar-refractivity contribution < 1.29 is 6.53 Å². The first-order valence-electron chi connectivity index (χ1n) is 10.7. The average Bonchev–Trinajstić information content (AvgIpc) is 2.61. The van der Waals surface area contributed by atoms with E-state index in [0.717, 1.165) is 46.6 Å². The number of nitrogens with zero attached hydrogens (tertiary/aromatic N) is 1. The number of piperidine rings is 1. The van der Waals surface area contributed by atoms with Crippen LogP contribution < -0.4 is 0 Å². The van der Waals surface area contributed by atoms with Crippen LogP contribution in [0.1, 0.15) is 60.4 Å². The fourth-order valence-electron chi connectivity index (χ4n) is 4.17. The van der Waals surface area contributed by atoms with E-state index in [9.17, 15) is 5.11 Å². The smallest absolute Gasteiger partial charge is 0.0570 e. The molecule has 0 amide bonds. The van der Waals surface area contributed by atoms with Crippen LogP contribution in [0.25, 0.3) is 0 Å². The molecule has 26 heavy (non-hydrogen) atoms. The Morgan fingerprint density at radius 3 is 2.31 bits per heavy atom. The van der Waals surface area contributed by atoms with Crippen molar-refractivity contribution in [3.63, 3.8) is 0 Å². The molecular formula is C23H40AlNO. The van der Waals surface area contributed by atoms with Gasteiger partial charge in [0.05, 0.1) is 6.10 Å². The second kappa shape index (κ2) is 11.5. The van der Waals surface area contributed by atoms with Crippen LogP contribution in [0.15, 0.2) is 30.3 Å². The van der Waals surface area contributed by atoms with Crippen LogP contribution in [0.2, 0.25) is 10.6 Å². The zero-order chi connectivity index (χ0) is 18.9. The molecule has 1 saturated heterocycles. The molecule has 1 aliphatic heterocycles. The van der Waals surface area contributed by atoms with E-state index in [4.69, 9.17) is 0 Å². The van der Waals surface area contributed by atoms with Gasteiger partial charge in [-0.15, -0.1) is 0 Å². The fourth-order valence-corrected chi connectivity index (χ4v) is 5.69. The molecule has 0 spiro atoms. The third-order valence-corrected chi connectivity index (χ3v) is 8.28. The number of aliphatic hydroxyl groups is 1. The summed E-state index contributed by atoms with van der Waals surface area (Å²) in [5.74, 6) is 2.43. The number of hydrogen-bond donors (Lipinski definition) is 1. The Bertz CT molecular complexity index is 488. The Morgan fingerprint density at radius 1 is 1.04 bits per heavy atom. The molecule has 1 aromatic rings. The minimum absolute atomic E-state index is 0. The summed E-state index contributed by atoms with van der Waals surface area (Å²) in [6.45, 7) is 11.5. The average molecular weight is 374 g/mol. The molecule has 0 radical (unpaired) electrons. The molecule has 146 valence electrons. The Labute approximate surface area is 169 Å². The number of rotatable bonds is 6. The molecule has 1 aliphatic carbocycles. The molecule has 1 aromatic carbocycles. The van der Waals surface area contributed by atoms with Gasteiger partial charge < -0.3 is 6.53 Å². The zero-order valence-electron chi connectivity index (χ0n) is 18.4. The first kappa shape index (κ1) is 22.0. The van der Waals surface area contributed by atoms with Crippen LogP contribution in [0.5, 0.6) is 0 Å². The first-order chi connectivity index (χ1) is 12.5. The molecule has 2 fully saturated rings. The molecule has 2 bridgehead atoms. The van der Waals surface area contributed by atoms with E-state index in [1.54, 1.807) is 0 Å². The van der Waals surface area contributed by atoms with Gasteiger partial charge in [0, 0.05) is 12.6 Å². The molecule has 3 atom stereocenters. The van der Waals surface area contributed by atoms with Gasteiger partial charge >= 0.3 is 65.3 Å². The summed E-state index contributed by atoms with van der Waals surface area (Å²) in [5.41, 5.74) is 1.41. The molecular weight excluding hydrogens is 333 g/mol. The quantitative estimate of drug-likeness (QED) is 0.677. The molecule has 1 N–H and O–H groups in total. The first-order valence-corrected chi connectivity index (χ1v) is 12.4. The van der Waals surface area contributed by atoms with Crippen molar-refractivity contribution in [3.8, 4) is 0 Å². The Hall–Kier alpha value is -0.328. The molecule has 0 aromatic heterocycles. The molecule has 3 heteroatoms. The summed E-state index contributed by atoms with van der Waals surface area (Å²) in [6, 6.07) is 11.4. The minimum Gasteiger partial charge on any atom is -1.00 e. The predicted octanol–water partition coefficient (Wildman–Crippen LogP) is 5.37. The zero-order valence-corrected chi connectivity index (χ0v) is 18.6. The van der Waals surface area contributed by atoms with Crippen molar-refractivity contribution in [2.45, 2.75) is 82.6 Å². The summed E-state index contributed by atoms with van der Waals surface area (Å²) >= 11 is 0.755. The van der Waals surface area contributed by atoms with Gasteiger partial charge in [0.2, 0.25) is 0 Å². The summed E-state index contributed by atoms with van der Waals surface area (Å²) in [4.78, 5) is 2.61. The Balaban J connectivity index is 0.000000316. The Morgan fingerprint density at radius 2 is 1.69 bits per heavy atom. The molecule has 2 nitrogen and oxygen atoms in total. The van der Waals surface area contributed by atoms with Crippen LogP contribution in [0.4, 0.5) is 0 Å². The third-order valence-electron chi connectivity index (χ3n) is 5.72. The largest absolute Gasteiger partial charge is 1.00 e. The van der Waals surface area contributed by atoms with Gasteiger partial charge in [-0.3, -0.25) is 4.90 Å². The molecule has 3 rings (SSSR count). The van der Waals surface area contributed by atoms with Crippen molar-refractivity contribution >= 4 is 15.2 Å². The SMILES string of the molecule is CC(C)[CH2][Al+][CH2]C(C)C.OC1CCC2CC1CCN2Cc1ccccc1.[H-]. The van der Waals surface area contributed by atoms with Crippen molar-refractivity contribution in [2.24, 2.45) is 17.8 Å². The maximum absolute atomic E-state index is 9.88. The standard InChI is InChI=1S/C15H21NO.2C4H9.Al.H/c17-15-7-6-14-10-13(15)8-9-16(14)11-12-4-2-1-3-5-12;2*1-4(2)3;;/h1-5,13-15,17H,6-11H2;2*4H,1H2,2-3H3;;/q;;;+1;-1. The van der Waals surface area contributed by atoms with E-state index < -0.39 is 0 Å². The van der Waals surface area contributed by atoms with Crippen LogP contribution >= 0.6 is 0 Å². The monoisotopic (exact) mass is 373 g/mol. The summed E-state index contributed by atoms with van der Waals surface area (Å²) in [7, 11) is 0. The second-order valence-corrected chi connectivity index (χ2v) is 10.6. The van der Waals surface area contributed by atoms with Crippen molar-refractivity contribution in [3.05, 3.63) is 35.9 Å². The maximum atomic E-state index is 9.88. The molecule has 2 aliphatic rings. The van der Waals surface area contributed by atoms with Crippen LogP contribution in [0.3, 0.4) is 0 Å². The number of fused-ring (bicyclic) bond motifs is 2. The molecule has 1 saturated carbocycles. The normalized spacial score (nSPS) is 25.6. The van der Waals surface area contributed by atoms with Gasteiger partial charge in [0.1, 0.15) is 0 Å². The van der Waals surface area contributed by atoms with E-state index >= 15 is 0 Å². The van der Waals surface area contributed by atoms with Crippen molar-refractivity contribution in [1.82, 2.24) is 4.90 Å². The van der Waals surface area contributed by atoms with Crippen molar-refractivity contribution in [2.75, 3.05) is 6.54 Å². The van der Waals surface area contributed by atoms with Gasteiger partial charge in [-0.1, -0.05) is 30.3 Å².